The number of fused-ring (bicyclic) bond motifs is 10. The first-order chi connectivity index (χ1) is 36.3. The van der Waals surface area contributed by atoms with Crippen molar-refractivity contribution < 1.29 is 94.5 Å². The zero-order valence-corrected chi connectivity index (χ0v) is 46.2. The molecule has 11 rings (SSSR count). The van der Waals surface area contributed by atoms with E-state index in [1.165, 1.54) is 18.2 Å². The van der Waals surface area contributed by atoms with Crippen LogP contribution in [0.3, 0.4) is 0 Å². The molecule has 0 amide bonds. The summed E-state index contributed by atoms with van der Waals surface area (Å²) in [6.45, 7) is 19.5. The molecule has 11 fully saturated rings. The fourth-order valence-corrected chi connectivity index (χ4v) is 16.2. The summed E-state index contributed by atoms with van der Waals surface area (Å²) < 4.78 is 115. The van der Waals surface area contributed by atoms with Gasteiger partial charge in [-0.3, -0.25) is 9.35 Å². The third kappa shape index (κ3) is 10.7. The first-order valence-electron chi connectivity index (χ1n) is 28.5. The van der Waals surface area contributed by atoms with Crippen LogP contribution < -0.4 is 0 Å². The first-order valence-corrected chi connectivity index (χ1v) is 29.8. The number of hydrogen-bond donors (Lipinski definition) is 5. The van der Waals surface area contributed by atoms with E-state index in [2.05, 4.69) is 33.9 Å². The van der Waals surface area contributed by atoms with E-state index in [1.54, 1.807) is 13.8 Å². The molecule has 0 aromatic rings. The molecule has 0 spiro atoms. The van der Waals surface area contributed by atoms with Crippen LogP contribution in [0.4, 0.5) is 0 Å². The smallest absolute Gasteiger partial charge is 0.397 e. The van der Waals surface area contributed by atoms with Gasteiger partial charge in [0.05, 0.1) is 120 Å². The van der Waals surface area contributed by atoms with E-state index in [-0.39, 0.29) is 86.4 Å². The van der Waals surface area contributed by atoms with E-state index in [0.29, 0.717) is 69.8 Å². The van der Waals surface area contributed by atoms with Crippen LogP contribution >= 0.6 is 0 Å². The minimum Gasteiger partial charge on any atom is -0.481 e. The van der Waals surface area contributed by atoms with Crippen LogP contribution in [0.5, 0.6) is 0 Å². The van der Waals surface area contributed by atoms with Gasteiger partial charge in [0.2, 0.25) is 0 Å². The number of aliphatic hydroxyl groups excluding tert-OH is 2. The van der Waals surface area contributed by atoms with Crippen LogP contribution in [0.1, 0.15) is 138 Å². The highest BCUT2D eigenvalue weighted by molar-refractivity contribution is 7.80. The van der Waals surface area contributed by atoms with Gasteiger partial charge >= 0.3 is 16.4 Å². The molecule has 20 nitrogen and oxygen atoms in total. The van der Waals surface area contributed by atoms with Crippen LogP contribution in [0.2, 0.25) is 0 Å². The van der Waals surface area contributed by atoms with Crippen molar-refractivity contribution in [3.63, 3.8) is 0 Å². The summed E-state index contributed by atoms with van der Waals surface area (Å²) in [5.74, 6) is -1.81. The number of aliphatic carboxylic acids is 1. The molecule has 5 N–H and O–H groups in total. The minimum atomic E-state index is -4.78. The topological polar surface area (TPSA) is 263 Å². The van der Waals surface area contributed by atoms with Crippen LogP contribution in [0.15, 0.2) is 37.0 Å². The molecule has 0 aliphatic carbocycles. The maximum absolute atomic E-state index is 12.3. The summed E-state index contributed by atoms with van der Waals surface area (Å²) in [5.41, 5.74) is -4.46. The molecule has 27 atom stereocenters. The maximum atomic E-state index is 12.3. The molecule has 11 aliphatic rings. The van der Waals surface area contributed by atoms with E-state index >= 15 is 0 Å². The number of carboxylic acid groups (broad SMARTS) is 1. The number of ether oxygens (including phenoxy) is 11. The van der Waals surface area contributed by atoms with Crippen LogP contribution in [-0.2, 0) is 71.5 Å². The van der Waals surface area contributed by atoms with E-state index in [4.69, 9.17) is 56.3 Å². The Morgan fingerprint density at radius 3 is 1.97 bits per heavy atom. The molecule has 0 radical (unpaired) electrons. The summed E-state index contributed by atoms with van der Waals surface area (Å²) >= 11 is 0. The molecule has 77 heavy (non-hydrogen) atoms. The second kappa shape index (κ2) is 21.0. The Balaban J connectivity index is 0.751. The highest BCUT2D eigenvalue weighted by atomic mass is 32.3. The number of allylic oxidation sites excluding steroid dienone is 1. The van der Waals surface area contributed by atoms with Crippen molar-refractivity contribution in [3.05, 3.63) is 37.0 Å². The van der Waals surface area contributed by atoms with E-state index < -0.39 is 111 Å². The molecule has 21 heteroatoms. The van der Waals surface area contributed by atoms with Crippen molar-refractivity contribution in [3.8, 4) is 0 Å². The van der Waals surface area contributed by atoms with Gasteiger partial charge in [-0.1, -0.05) is 31.7 Å². The van der Waals surface area contributed by atoms with Crippen molar-refractivity contribution in [1.82, 2.24) is 0 Å². The standard InChI is InChI=1S/C56H84O20S/c1-9-11-30(51(59)60)13-16-52(4,61)50-29(3)20-39-38(71-50)26-46-56(8,74-39)49(58)48-42(70-46)24-41-47(72-48)28(2)12-17-54(6)44(69-41)27-43-55(7,76-54)18-14-31-32(68-43)21-34-33(65-31)22-35-36(66-34)23-40-37(67-35)25-45(75-77(62,63)64)53(5,73-40)15-10-19-57/h9,13,16,28,30-50,57-58,61H,1,3,10-12,14-15,17-27H2,2,4-8H3,(H,59,60)(H,62,63,64)/b16-13+/t28-,30+,31-,32+,33+,34-,35-,36+,37+,38+,39-,40-,41-,42+,43-,44+,45-,46-,47+,48+,49+,50-,52-,53+,54-,55+,56-/m0/s1. The van der Waals surface area contributed by atoms with Crippen LogP contribution in [0.25, 0.3) is 0 Å². The molecular weight excluding hydrogens is 1020 g/mol. The molecule has 0 aromatic carbocycles. The Morgan fingerprint density at radius 1 is 0.753 bits per heavy atom. The SMILES string of the molecule is C=CC[C@H](/C=C/[C@](C)(O)[C@H]1O[C@@H]2C[C@@H]3O[C@@H]4C[C@@H]5O[C@@H]6C[C@@H]7O[C@@H]8C[C@@H]9O[C@@H]%10C[C@@H]%11O[C@](C)(CCCO)[C@@H](OS(=O)(=O)O)C[C@H]%11O[C@H]%10C[C@H]9O[C@H]8CC[C@@]7(C)O[C@@]6(C)CC[C@H](C)[C@H]5O[C@H]4[C@@H](O)[C@@]3(C)O[C@H]2CC1=C)C(=O)O. The number of rotatable bonds is 11. The number of carbonyl (C=O) groups is 1. The first kappa shape index (κ1) is 56.8. The molecule has 0 unspecified atom stereocenters. The van der Waals surface area contributed by atoms with Gasteiger partial charge in [0.1, 0.15) is 35.6 Å². The Bertz CT molecular complexity index is 2350. The average Bonchev–Trinajstić information content (AvgIpc) is 3.53. The Labute approximate surface area is 452 Å². The summed E-state index contributed by atoms with van der Waals surface area (Å²) in [4.78, 5) is 11.9. The predicted molar refractivity (Wildman–Crippen MR) is 272 cm³/mol. The lowest BCUT2D eigenvalue weighted by atomic mass is 9.73. The Kier molecular flexibility index (Phi) is 15.5. The molecule has 0 aromatic heterocycles. The molecule has 0 saturated carbocycles. The lowest BCUT2D eigenvalue weighted by Crippen LogP contribution is -2.74. The van der Waals surface area contributed by atoms with Crippen molar-refractivity contribution in [2.75, 3.05) is 6.61 Å². The van der Waals surface area contributed by atoms with Gasteiger partial charge in [0.25, 0.3) is 0 Å². The Morgan fingerprint density at radius 2 is 1.32 bits per heavy atom. The van der Waals surface area contributed by atoms with Gasteiger partial charge in [-0.15, -0.1) is 6.58 Å². The number of carboxylic acids is 1. The van der Waals surface area contributed by atoms with Gasteiger partial charge < -0.3 is 72.5 Å². The Hall–Kier alpha value is -2.00. The van der Waals surface area contributed by atoms with Crippen molar-refractivity contribution >= 4 is 16.4 Å². The van der Waals surface area contributed by atoms with Gasteiger partial charge in [-0.05, 0) is 97.5 Å². The van der Waals surface area contributed by atoms with Gasteiger partial charge in [-0.25, -0.2) is 4.18 Å². The quantitative estimate of drug-likeness (QED) is 0.138. The molecule has 11 heterocycles. The molecular formula is C56H84O20S. The van der Waals surface area contributed by atoms with Crippen molar-refractivity contribution in [1.29, 1.82) is 0 Å². The van der Waals surface area contributed by atoms with E-state index in [9.17, 15) is 38.2 Å². The summed E-state index contributed by atoms with van der Waals surface area (Å²) in [5, 5.41) is 43.3. The zero-order chi connectivity index (χ0) is 54.8. The minimum absolute atomic E-state index is 0.0639. The third-order valence-corrected chi connectivity index (χ3v) is 20.4. The van der Waals surface area contributed by atoms with Gasteiger partial charge in [0, 0.05) is 51.6 Å². The van der Waals surface area contributed by atoms with E-state index in [1.807, 2.05) is 6.92 Å². The highest BCUT2D eigenvalue weighted by Crippen LogP contribution is 2.54. The molecule has 11 aliphatic heterocycles. The van der Waals surface area contributed by atoms with Crippen LogP contribution in [-0.4, -0.2) is 196 Å². The fraction of sp³-hybridized carbons (Fsp3) is 0.875. The summed E-state index contributed by atoms with van der Waals surface area (Å²) in [7, 11) is -4.78. The lowest BCUT2D eigenvalue weighted by Gasteiger charge is -2.61. The zero-order valence-electron chi connectivity index (χ0n) is 45.4. The number of hydrogen-bond acceptors (Lipinski definition) is 18. The van der Waals surface area contributed by atoms with E-state index in [0.717, 1.165) is 19.3 Å². The molecule has 11 saturated heterocycles. The molecule has 434 valence electrons. The third-order valence-electron chi connectivity index (χ3n) is 20.0. The van der Waals surface area contributed by atoms with Gasteiger partial charge in [0.15, 0.2) is 0 Å². The maximum Gasteiger partial charge on any atom is 0.397 e. The summed E-state index contributed by atoms with van der Waals surface area (Å²) in [6, 6.07) is 0. The largest absolute Gasteiger partial charge is 0.481 e. The second-order valence-corrected chi connectivity index (χ2v) is 26.7. The lowest BCUT2D eigenvalue weighted by molar-refractivity contribution is -0.369. The van der Waals surface area contributed by atoms with Crippen molar-refractivity contribution in [2.45, 2.75) is 288 Å². The highest BCUT2D eigenvalue weighted by Gasteiger charge is 2.65. The van der Waals surface area contributed by atoms with Crippen LogP contribution in [0, 0.1) is 11.8 Å². The average molecular weight is 1110 g/mol. The number of aliphatic hydroxyl groups is 3. The predicted octanol–water partition coefficient (Wildman–Crippen LogP) is 4.77. The summed E-state index contributed by atoms with van der Waals surface area (Å²) in [6.07, 6.45) is 2.50. The van der Waals surface area contributed by atoms with Gasteiger partial charge in [-0.2, -0.15) is 8.42 Å². The molecule has 0 bridgehead atoms. The van der Waals surface area contributed by atoms with Crippen molar-refractivity contribution in [2.24, 2.45) is 11.8 Å². The fourth-order valence-electron chi connectivity index (χ4n) is 15.6. The normalized spacial score (nSPS) is 51.7. The second-order valence-electron chi connectivity index (χ2n) is 25.7. The monoisotopic (exact) mass is 1110 g/mol.